The van der Waals surface area contributed by atoms with Crippen molar-refractivity contribution in [2.75, 3.05) is 0 Å². The molecule has 28 heavy (non-hydrogen) atoms. The van der Waals surface area contributed by atoms with E-state index in [2.05, 4.69) is 46.3 Å². The van der Waals surface area contributed by atoms with E-state index in [0.29, 0.717) is 11.1 Å². The van der Waals surface area contributed by atoms with Crippen molar-refractivity contribution in [2.45, 2.75) is 0 Å². The fourth-order valence-electron chi connectivity index (χ4n) is 3.80. The lowest BCUT2D eigenvalue weighted by Crippen LogP contribution is -1.79. The van der Waals surface area contributed by atoms with Crippen LogP contribution in [0.25, 0.3) is 54.6 Å². The Labute approximate surface area is 175 Å². The van der Waals surface area contributed by atoms with E-state index in [1.807, 2.05) is 36.4 Å². The van der Waals surface area contributed by atoms with Crippen LogP contribution >= 0.6 is 15.9 Å². The summed E-state index contributed by atoms with van der Waals surface area (Å²) in [5.41, 5.74) is 2.60. The van der Waals surface area contributed by atoms with E-state index >= 15 is 0 Å². The van der Waals surface area contributed by atoms with E-state index in [1.165, 1.54) is 0 Å². The topological polar surface area (TPSA) is 13.1 Å². The Hall–Kier alpha value is -3.10. The molecule has 0 aliphatic heterocycles. The summed E-state index contributed by atoms with van der Waals surface area (Å²) in [6, 6.07) is 21.9. The van der Waals surface area contributed by atoms with Crippen LogP contribution in [0.5, 0.6) is 0 Å². The van der Waals surface area contributed by atoms with E-state index in [9.17, 15) is 0 Å². The van der Waals surface area contributed by atoms with Crippen molar-refractivity contribution in [1.82, 2.24) is 0 Å². The molecule has 1 aromatic heterocycles. The summed E-state index contributed by atoms with van der Waals surface area (Å²) in [5, 5.41) is 6.26. The zero-order chi connectivity index (χ0) is 22.1. The van der Waals surface area contributed by atoms with Gasteiger partial charge in [-0.25, -0.2) is 0 Å². The molecule has 6 rings (SSSR count). The molecule has 0 fully saturated rings. The summed E-state index contributed by atoms with van der Waals surface area (Å²) in [6.07, 6.45) is 0. The first kappa shape index (κ1) is 12.4. The molecule has 0 atom stereocenters. The van der Waals surface area contributed by atoms with Crippen LogP contribution in [0.2, 0.25) is 0 Å². The number of halogens is 1. The second kappa shape index (κ2) is 5.95. The van der Waals surface area contributed by atoms with Gasteiger partial charge in [0, 0.05) is 15.2 Å². The minimum atomic E-state index is -0.0794. The van der Waals surface area contributed by atoms with Crippen LogP contribution < -0.4 is 0 Å². The molecule has 0 saturated carbocycles. The van der Waals surface area contributed by atoms with Crippen LogP contribution in [-0.2, 0) is 0 Å². The first-order chi connectivity index (χ1) is 15.4. The number of hydrogen-bond donors (Lipinski definition) is 0. The zero-order valence-corrected chi connectivity index (χ0v) is 16.2. The van der Waals surface area contributed by atoms with E-state index in [-0.39, 0.29) is 28.6 Å². The van der Waals surface area contributed by atoms with Gasteiger partial charge in [-0.05, 0) is 75.1 Å². The maximum absolute atomic E-state index is 8.37. The van der Waals surface area contributed by atoms with Crippen molar-refractivity contribution in [2.24, 2.45) is 0 Å². The lowest BCUT2D eigenvalue weighted by molar-refractivity contribution is 0.670. The first-order valence-corrected chi connectivity index (χ1v) is 9.77. The van der Waals surface area contributed by atoms with Crippen LogP contribution in [0.3, 0.4) is 0 Å². The molecule has 0 bridgehead atoms. The van der Waals surface area contributed by atoms with Crippen molar-refractivity contribution in [3.05, 3.63) is 95.4 Å². The molecule has 0 saturated heterocycles. The highest BCUT2D eigenvalue weighted by Crippen LogP contribution is 2.35. The minimum Gasteiger partial charge on any atom is -0.456 e. The van der Waals surface area contributed by atoms with E-state index < -0.39 is 0 Å². The third kappa shape index (κ3) is 2.45. The van der Waals surface area contributed by atoms with E-state index in [0.717, 1.165) is 43.5 Å². The van der Waals surface area contributed by atoms with Gasteiger partial charge in [0.1, 0.15) is 11.2 Å². The molecule has 0 aliphatic rings. The largest absolute Gasteiger partial charge is 0.456 e. The van der Waals surface area contributed by atoms with E-state index in [4.69, 9.17) is 9.90 Å². The van der Waals surface area contributed by atoms with Gasteiger partial charge in [0.2, 0.25) is 0 Å². The molecule has 0 radical (unpaired) electrons. The summed E-state index contributed by atoms with van der Waals surface area (Å²) >= 11 is 3.16. The molecule has 132 valence electrons. The fourth-order valence-corrected chi connectivity index (χ4v) is 4.00. The van der Waals surface area contributed by atoms with Gasteiger partial charge in [-0.2, -0.15) is 0 Å². The Morgan fingerprint density at radius 2 is 1.21 bits per heavy atom. The highest BCUT2D eigenvalue weighted by Gasteiger charge is 2.10. The average Bonchev–Trinajstić information content (AvgIpc) is 3.14. The third-order valence-corrected chi connectivity index (χ3v) is 5.58. The average molecular weight is 427 g/mol. The van der Waals surface area contributed by atoms with Gasteiger partial charge in [-0.15, -0.1) is 0 Å². The van der Waals surface area contributed by atoms with Crippen LogP contribution in [-0.4, -0.2) is 0 Å². The molecule has 0 spiro atoms. The van der Waals surface area contributed by atoms with Gasteiger partial charge in [0.05, 0.1) is 5.48 Å². The Morgan fingerprint density at radius 1 is 0.607 bits per heavy atom. The monoisotopic (exact) mass is 426 g/mol. The van der Waals surface area contributed by atoms with Gasteiger partial charge >= 0.3 is 0 Å². The SMILES string of the molecule is [2H]c1c([2H])c(-c2ccc3cc4oc5cc6ccccc6cc5c4cc3c2)c([2H])c([2H])c1Br. The molecule has 2 heteroatoms. The highest BCUT2D eigenvalue weighted by molar-refractivity contribution is 9.10. The number of benzene rings is 5. The Bertz CT molecular complexity index is 1710. The van der Waals surface area contributed by atoms with Gasteiger partial charge in [0.15, 0.2) is 0 Å². The van der Waals surface area contributed by atoms with Crippen molar-refractivity contribution < 1.29 is 9.90 Å². The normalized spacial score (nSPS) is 13.8. The van der Waals surface area contributed by atoms with Gasteiger partial charge in [0.25, 0.3) is 0 Å². The smallest absolute Gasteiger partial charge is 0.136 e. The first-order valence-electron chi connectivity index (χ1n) is 11.0. The number of hydrogen-bond acceptors (Lipinski definition) is 1. The van der Waals surface area contributed by atoms with Crippen LogP contribution in [0.4, 0.5) is 0 Å². The third-order valence-electron chi connectivity index (χ3n) is 5.18. The summed E-state index contributed by atoms with van der Waals surface area (Å²) in [7, 11) is 0. The molecular weight excluding hydrogens is 408 g/mol. The quantitative estimate of drug-likeness (QED) is 0.257. The summed E-state index contributed by atoms with van der Waals surface area (Å²) in [4.78, 5) is 0. The standard InChI is InChI=1S/C26H15BrO/c27-22-9-7-16(8-10-22)19-5-6-20-15-26-24(13-21(20)11-19)23-12-17-3-1-2-4-18(17)14-25(23)28-26/h1-15H/i7D,8D,9D,10D. The Kier molecular flexibility index (Phi) is 2.63. The van der Waals surface area contributed by atoms with Crippen molar-refractivity contribution in [3.8, 4) is 11.1 Å². The van der Waals surface area contributed by atoms with Gasteiger partial charge in [-0.3, -0.25) is 0 Å². The molecule has 0 aliphatic carbocycles. The van der Waals surface area contributed by atoms with Crippen LogP contribution in [0.1, 0.15) is 5.48 Å². The van der Waals surface area contributed by atoms with Crippen molar-refractivity contribution in [1.29, 1.82) is 0 Å². The molecule has 0 unspecified atom stereocenters. The summed E-state index contributed by atoms with van der Waals surface area (Å²) in [5.74, 6) is 0. The molecule has 0 N–H and O–H groups in total. The second-order valence-electron chi connectivity index (χ2n) is 6.90. The van der Waals surface area contributed by atoms with Crippen molar-refractivity contribution >= 4 is 59.4 Å². The number of furan rings is 1. The van der Waals surface area contributed by atoms with Gasteiger partial charge in [-0.1, -0.05) is 64.4 Å². The molecular formula is C26H15BrO. The van der Waals surface area contributed by atoms with Gasteiger partial charge < -0.3 is 4.42 Å². The zero-order valence-electron chi connectivity index (χ0n) is 18.6. The van der Waals surface area contributed by atoms with E-state index in [1.54, 1.807) is 0 Å². The molecule has 6 aromatic rings. The maximum Gasteiger partial charge on any atom is 0.136 e. The summed E-state index contributed by atoms with van der Waals surface area (Å²) < 4.78 is 39.3. The highest BCUT2D eigenvalue weighted by atomic mass is 79.9. The summed E-state index contributed by atoms with van der Waals surface area (Å²) in [6.45, 7) is 0. The number of fused-ring (bicyclic) bond motifs is 5. The molecule has 1 heterocycles. The minimum absolute atomic E-state index is 0.0569. The van der Waals surface area contributed by atoms with Crippen LogP contribution in [0.15, 0.2) is 99.8 Å². The fraction of sp³-hybridized carbons (Fsp3) is 0. The van der Waals surface area contributed by atoms with Crippen LogP contribution in [0, 0.1) is 0 Å². The molecule has 5 aromatic carbocycles. The lowest BCUT2D eigenvalue weighted by Gasteiger charge is -2.05. The van der Waals surface area contributed by atoms with Crippen molar-refractivity contribution in [3.63, 3.8) is 0 Å². The Morgan fingerprint density at radius 3 is 1.93 bits per heavy atom. The maximum atomic E-state index is 8.37. The molecule has 0 amide bonds. The predicted octanol–water partition coefficient (Wildman–Crippen LogP) is 8.32. The lowest BCUT2D eigenvalue weighted by atomic mass is 9.99. The second-order valence-corrected chi connectivity index (χ2v) is 7.69. The Balaban J connectivity index is 1.63. The predicted molar refractivity (Wildman–Crippen MR) is 122 cm³/mol. The number of rotatable bonds is 1. The molecule has 1 nitrogen and oxygen atoms in total.